The van der Waals surface area contributed by atoms with Crippen molar-refractivity contribution in [2.75, 3.05) is 43.9 Å². The monoisotopic (exact) mass is 521 g/mol. The molecule has 36 heavy (non-hydrogen) atoms. The number of hydrogen-bond donors (Lipinski definition) is 1. The number of nitrogens with zero attached hydrogens (tertiary/aromatic N) is 6. The second-order valence-electron chi connectivity index (χ2n) is 10.9. The molecule has 1 amide bonds. The van der Waals surface area contributed by atoms with Gasteiger partial charge in [-0.2, -0.15) is 0 Å². The molecule has 2 aromatic heterocycles. The Kier molecular flexibility index (Phi) is 5.86. The number of likely N-dealkylation sites (N-methyl/N-ethyl adjacent to an activating group) is 1. The lowest BCUT2D eigenvalue weighted by molar-refractivity contribution is -0.383. The normalized spacial score (nSPS) is 23.6. The molecule has 2 aromatic rings. The number of aromatic nitrogens is 2. The van der Waals surface area contributed by atoms with Gasteiger partial charge in [-0.1, -0.05) is 11.6 Å². The second-order valence-corrected chi connectivity index (χ2v) is 11.3. The predicted octanol–water partition coefficient (Wildman–Crippen LogP) is 3.50. The van der Waals surface area contributed by atoms with Crippen LogP contribution < -0.4 is 10.2 Å². The third-order valence-corrected chi connectivity index (χ3v) is 7.46. The zero-order valence-electron chi connectivity index (χ0n) is 20.8. The molecule has 1 aliphatic carbocycles. The lowest BCUT2D eigenvalue weighted by Gasteiger charge is -2.43. The number of rotatable bonds is 5. The number of nitrogens with one attached hydrogen (secondary N) is 1. The number of anilines is 2. The first kappa shape index (κ1) is 24.7. The maximum absolute atomic E-state index is 15.1. The van der Waals surface area contributed by atoms with Crippen molar-refractivity contribution in [3.05, 3.63) is 27.3 Å². The van der Waals surface area contributed by atoms with E-state index >= 15 is 4.39 Å². The Bertz CT molecular complexity index is 1250. The van der Waals surface area contributed by atoms with Gasteiger partial charge in [0.2, 0.25) is 5.82 Å². The lowest BCUT2D eigenvalue weighted by Crippen LogP contribution is -2.58. The molecule has 5 heterocycles. The van der Waals surface area contributed by atoms with Crippen LogP contribution in [0.15, 0.2) is 6.20 Å². The molecule has 6 rings (SSSR count). The first-order chi connectivity index (χ1) is 16.9. The van der Waals surface area contributed by atoms with Crippen molar-refractivity contribution in [1.82, 2.24) is 19.8 Å². The van der Waals surface area contributed by atoms with Crippen LogP contribution in [0.1, 0.15) is 27.2 Å². The molecule has 1 saturated carbocycles. The molecule has 3 unspecified atom stereocenters. The summed E-state index contributed by atoms with van der Waals surface area (Å²) >= 11 is 5.94. The molecule has 4 fully saturated rings. The molecule has 0 aromatic carbocycles. The topological polar surface area (TPSA) is 117 Å². The maximum atomic E-state index is 15.1. The molecule has 3 aliphatic heterocycles. The third kappa shape index (κ3) is 4.05. The van der Waals surface area contributed by atoms with Crippen LogP contribution in [0.3, 0.4) is 0 Å². The summed E-state index contributed by atoms with van der Waals surface area (Å²) in [4.78, 5) is 38.3. The smallest absolute Gasteiger partial charge is 0.410 e. The van der Waals surface area contributed by atoms with Gasteiger partial charge in [0, 0.05) is 37.8 Å². The van der Waals surface area contributed by atoms with E-state index in [0.717, 1.165) is 6.42 Å². The third-order valence-electron chi connectivity index (χ3n) is 7.20. The molecule has 1 N–H and O–H groups in total. The highest BCUT2D eigenvalue weighted by Gasteiger charge is 2.55. The summed E-state index contributed by atoms with van der Waals surface area (Å²) in [5.74, 6) is -0.657. The van der Waals surface area contributed by atoms with Crippen LogP contribution in [-0.4, -0.2) is 88.2 Å². The molecule has 2 bridgehead atoms. The number of ether oxygens (including phenoxy) is 1. The number of amides is 1. The first-order valence-electron chi connectivity index (χ1n) is 11.9. The number of fused-ring (bicyclic) bond motifs is 2. The zero-order valence-corrected chi connectivity index (χ0v) is 21.5. The Morgan fingerprint density at radius 3 is 2.64 bits per heavy atom. The van der Waals surface area contributed by atoms with Crippen molar-refractivity contribution in [3.8, 4) is 0 Å². The van der Waals surface area contributed by atoms with E-state index < -0.39 is 22.4 Å². The van der Waals surface area contributed by atoms with Gasteiger partial charge in [0.15, 0.2) is 11.0 Å². The van der Waals surface area contributed by atoms with Crippen LogP contribution in [0.25, 0.3) is 10.9 Å². The van der Waals surface area contributed by atoms with E-state index in [1.54, 1.807) is 30.6 Å². The molecule has 4 aliphatic rings. The van der Waals surface area contributed by atoms with Crippen molar-refractivity contribution in [2.24, 2.45) is 5.92 Å². The van der Waals surface area contributed by atoms with Crippen LogP contribution in [-0.2, 0) is 4.74 Å². The number of carbonyl (C=O) groups is 1. The van der Waals surface area contributed by atoms with E-state index in [1.165, 1.54) is 6.20 Å². The van der Waals surface area contributed by atoms with Crippen LogP contribution in [0, 0.1) is 21.8 Å². The summed E-state index contributed by atoms with van der Waals surface area (Å²) in [6.45, 7) is 6.94. The quantitative estimate of drug-likeness (QED) is 0.358. The van der Waals surface area contributed by atoms with Crippen molar-refractivity contribution in [1.29, 1.82) is 0 Å². The average Bonchev–Trinajstić information content (AvgIpc) is 3.32. The Labute approximate surface area is 212 Å². The maximum Gasteiger partial charge on any atom is 0.410 e. The highest BCUT2D eigenvalue weighted by atomic mass is 35.5. The van der Waals surface area contributed by atoms with Crippen molar-refractivity contribution in [3.63, 3.8) is 0 Å². The summed E-state index contributed by atoms with van der Waals surface area (Å²) in [6.07, 6.45) is 1.65. The number of nitro groups is 1. The number of pyridine rings is 2. The minimum Gasteiger partial charge on any atom is -0.444 e. The standard InChI is InChI=1S/C23H29ClFN7O4/c1-23(2,3)36-22(33)31-8-11-6-14(31)16(11)27-18-13-7-26-20(24)15(25)17(13)28-21(19(18)32(34)35)30-9-12(10-30)29(4)5/h7,11-12,14,16H,6,8-10H2,1-5H3,(H,27,28). The average molecular weight is 522 g/mol. The number of halogens is 2. The summed E-state index contributed by atoms with van der Waals surface area (Å²) in [5, 5.41) is 15.5. The van der Waals surface area contributed by atoms with E-state index in [1.807, 2.05) is 19.0 Å². The predicted molar refractivity (Wildman–Crippen MR) is 133 cm³/mol. The fourth-order valence-electron chi connectivity index (χ4n) is 5.17. The van der Waals surface area contributed by atoms with Crippen LogP contribution in [0.2, 0.25) is 5.15 Å². The Hall–Kier alpha value is -2.99. The van der Waals surface area contributed by atoms with Crippen molar-refractivity contribution < 1.29 is 18.8 Å². The van der Waals surface area contributed by atoms with Crippen LogP contribution in [0.4, 0.5) is 26.4 Å². The Balaban J connectivity index is 1.53. The number of carbonyl (C=O) groups excluding carboxylic acids is 1. The van der Waals surface area contributed by atoms with Crippen LogP contribution >= 0.6 is 11.6 Å². The fraction of sp³-hybridized carbons (Fsp3) is 0.609. The van der Waals surface area contributed by atoms with Gasteiger partial charge in [0.05, 0.1) is 22.4 Å². The molecule has 3 atom stereocenters. The van der Waals surface area contributed by atoms with E-state index in [9.17, 15) is 14.9 Å². The molecule has 0 spiro atoms. The molecule has 11 nitrogen and oxygen atoms in total. The van der Waals surface area contributed by atoms with Gasteiger partial charge in [0.25, 0.3) is 0 Å². The highest BCUT2D eigenvalue weighted by Crippen LogP contribution is 2.48. The zero-order chi connectivity index (χ0) is 26.1. The van der Waals surface area contributed by atoms with Gasteiger partial charge in [-0.05, 0) is 41.3 Å². The molecule has 0 radical (unpaired) electrons. The summed E-state index contributed by atoms with van der Waals surface area (Å²) in [7, 11) is 3.87. The molecule has 3 saturated heterocycles. The van der Waals surface area contributed by atoms with E-state index in [2.05, 4.69) is 15.3 Å². The minimum atomic E-state index is -0.829. The van der Waals surface area contributed by atoms with Gasteiger partial charge in [-0.3, -0.25) is 10.1 Å². The molecular formula is C23H29ClFN7O4. The van der Waals surface area contributed by atoms with Crippen molar-refractivity contribution in [2.45, 2.75) is 50.9 Å². The summed E-state index contributed by atoms with van der Waals surface area (Å²) < 4.78 is 20.6. The van der Waals surface area contributed by atoms with Gasteiger partial charge in [-0.25, -0.2) is 19.2 Å². The Morgan fingerprint density at radius 1 is 1.33 bits per heavy atom. The van der Waals surface area contributed by atoms with Crippen molar-refractivity contribution >= 4 is 45.8 Å². The van der Waals surface area contributed by atoms with Gasteiger partial charge in [-0.15, -0.1) is 0 Å². The van der Waals surface area contributed by atoms with Crippen LogP contribution in [0.5, 0.6) is 0 Å². The fourth-order valence-corrected chi connectivity index (χ4v) is 5.31. The first-order valence-corrected chi connectivity index (χ1v) is 12.2. The lowest BCUT2D eigenvalue weighted by atomic mass is 9.79. The minimum absolute atomic E-state index is 0.0814. The summed E-state index contributed by atoms with van der Waals surface area (Å²) in [5.41, 5.74) is -0.811. The van der Waals surface area contributed by atoms with Gasteiger partial charge < -0.3 is 24.8 Å². The van der Waals surface area contributed by atoms with E-state index in [-0.39, 0.29) is 57.3 Å². The second kappa shape index (κ2) is 8.55. The largest absolute Gasteiger partial charge is 0.444 e. The highest BCUT2D eigenvalue weighted by molar-refractivity contribution is 6.30. The van der Waals surface area contributed by atoms with Gasteiger partial charge >= 0.3 is 11.8 Å². The van der Waals surface area contributed by atoms with E-state index in [0.29, 0.717) is 19.6 Å². The Morgan fingerprint density at radius 2 is 2.03 bits per heavy atom. The molecular weight excluding hydrogens is 493 g/mol. The molecule has 13 heteroatoms. The van der Waals surface area contributed by atoms with Gasteiger partial charge in [0.1, 0.15) is 16.8 Å². The van der Waals surface area contributed by atoms with E-state index in [4.69, 9.17) is 16.3 Å². The molecule has 194 valence electrons. The SMILES string of the molecule is CN(C)C1CN(c2nc3c(F)c(Cl)ncc3c(NC3C4CC3N(C(=O)OC(C)(C)C)C4)c2[N+](=O)[O-])C1. The summed E-state index contributed by atoms with van der Waals surface area (Å²) in [6, 6.07) is -0.239. The number of hydrogen-bond acceptors (Lipinski definition) is 9.